The molecule has 0 aliphatic rings. The number of aliphatic carboxylic acids is 8. The van der Waals surface area contributed by atoms with Crippen molar-refractivity contribution in [2.45, 2.75) is 0 Å². The summed E-state index contributed by atoms with van der Waals surface area (Å²) in [4.78, 5) is 73.1. The minimum Gasteiger partial charge on any atom is -0.549 e. The Labute approximate surface area is 276 Å². The number of hydrogen-bond donors (Lipinski definition) is 8. The number of nitrogens with two attached hydrogens (primary N) is 8. The van der Waals surface area contributed by atoms with Gasteiger partial charge in [0.1, 0.15) is 0 Å². The van der Waals surface area contributed by atoms with Crippen LogP contribution in [0.2, 0.25) is 0 Å². The molecule has 0 saturated carbocycles. The van der Waals surface area contributed by atoms with E-state index in [0.29, 0.717) is 0 Å². The van der Waals surface area contributed by atoms with Crippen LogP contribution in [0.4, 0.5) is 0 Å². The van der Waals surface area contributed by atoms with Crippen LogP contribution >= 0.6 is 0 Å². The van der Waals surface area contributed by atoms with Gasteiger partial charge in [-0.25, -0.2) is 0 Å². The topological polar surface area (TPSA) is 529 Å². The Morgan fingerprint density at radius 1 is 0.262 bits per heavy atom. The van der Waals surface area contributed by atoms with Gasteiger partial charge in [0.2, 0.25) is 0 Å². The van der Waals surface area contributed by atoms with Crippen molar-refractivity contribution in [3.63, 3.8) is 0 Å². The molecule has 0 rings (SSSR count). The zero-order chi connectivity index (χ0) is 34.3. The Bertz CT molecular complexity index is 523. The second kappa shape index (κ2) is 62.0. The van der Waals surface area contributed by atoms with Crippen molar-refractivity contribution in [3.8, 4) is 0 Å². The van der Waals surface area contributed by atoms with Crippen molar-refractivity contribution in [1.82, 2.24) is 0 Å². The van der Waals surface area contributed by atoms with Crippen LogP contribution in [0, 0.1) is 0 Å². The maximum Gasteiger partial charge on any atom is 4.00 e. The molecular weight excluding hydrogens is 743 g/mol. The molecule has 26 heteroatoms. The minimum atomic E-state index is -1.22. The fourth-order valence-corrected chi connectivity index (χ4v) is 0. The van der Waals surface area contributed by atoms with Gasteiger partial charge in [0.15, 0.2) is 0 Å². The predicted octanol–water partition coefficient (Wildman–Crippen LogP) is -18.4. The third kappa shape index (κ3) is 280. The first-order valence-electron chi connectivity index (χ1n) is 9.36. The van der Waals surface area contributed by atoms with E-state index in [1.807, 2.05) is 0 Å². The third-order valence-electron chi connectivity index (χ3n) is 1.33. The Morgan fingerprint density at radius 2 is 0.286 bits per heavy atom. The largest absolute Gasteiger partial charge is 4.00 e. The second-order valence-corrected chi connectivity index (χ2v) is 4.61. The van der Waals surface area contributed by atoms with Gasteiger partial charge in [0.25, 0.3) is 0 Å². The van der Waals surface area contributed by atoms with Gasteiger partial charge < -0.3 is 125 Å². The molecule has 0 aliphatic heterocycles. The Kier molecular flexibility index (Phi) is 99.0. The Morgan fingerprint density at radius 3 is 0.286 bits per heavy atom. The number of carbonyl (C=O) groups excluding carboxylic acids is 8. The van der Waals surface area contributed by atoms with E-state index in [1.165, 1.54) is 0 Å². The van der Waals surface area contributed by atoms with E-state index in [0.717, 1.165) is 0 Å². The smallest absolute Gasteiger partial charge is 0.549 e. The van der Waals surface area contributed by atoms with E-state index >= 15 is 0 Å². The first-order chi connectivity index (χ1) is 18.2. The van der Waals surface area contributed by atoms with Crippen molar-refractivity contribution >= 4 is 47.8 Å². The van der Waals surface area contributed by atoms with Crippen molar-refractivity contribution in [2.75, 3.05) is 52.4 Å². The molecular formula is C16H32N8O16Zr2. The van der Waals surface area contributed by atoms with E-state index in [1.54, 1.807) is 0 Å². The summed E-state index contributed by atoms with van der Waals surface area (Å²) in [5.74, 6) is -9.74. The second-order valence-electron chi connectivity index (χ2n) is 4.61. The van der Waals surface area contributed by atoms with E-state index in [-0.39, 0.29) is 105 Å². The van der Waals surface area contributed by atoms with Crippen LogP contribution in [-0.4, -0.2) is 100 Å². The molecule has 0 aromatic carbocycles. The van der Waals surface area contributed by atoms with Crippen LogP contribution in [0.3, 0.4) is 0 Å². The maximum atomic E-state index is 9.13. The standard InChI is InChI=1S/8C2H5NO2.2Zr/c8*3-1-2(4)5;;/h8*1,3H2,(H,4,5);;/q;;;;;;;;2*+4/p-8. The van der Waals surface area contributed by atoms with Gasteiger partial charge in [0.05, 0.1) is 47.8 Å². The van der Waals surface area contributed by atoms with Gasteiger partial charge in [-0.05, 0) is 0 Å². The zero-order valence-corrected chi connectivity index (χ0v) is 26.7. The van der Waals surface area contributed by atoms with Crippen LogP contribution in [0.5, 0.6) is 0 Å². The number of carboxylic acid groups (broad SMARTS) is 8. The molecule has 0 spiro atoms. The Hall–Kier alpha value is -2.79. The quantitative estimate of drug-likeness (QED) is 0.113. The number of carbonyl (C=O) groups is 8. The molecule has 0 aliphatic carbocycles. The predicted molar refractivity (Wildman–Crippen MR) is 112 cm³/mol. The van der Waals surface area contributed by atoms with Crippen LogP contribution in [0.25, 0.3) is 0 Å². The van der Waals surface area contributed by atoms with Crippen molar-refractivity contribution < 1.29 is 132 Å². The van der Waals surface area contributed by atoms with E-state index in [2.05, 4.69) is 45.9 Å². The van der Waals surface area contributed by atoms with Crippen LogP contribution < -0.4 is 86.7 Å². The molecule has 0 atom stereocenters. The fraction of sp³-hybridized carbons (Fsp3) is 0.500. The molecule has 0 saturated heterocycles. The summed E-state index contributed by atoms with van der Waals surface area (Å²) in [7, 11) is 0. The molecule has 0 aromatic rings. The Balaban J connectivity index is -0.0000000346. The normalized spacial score (nSPS) is 7.05. The summed E-state index contributed by atoms with van der Waals surface area (Å²) in [6.45, 7) is -3.11. The van der Waals surface area contributed by atoms with Gasteiger partial charge in [-0.15, -0.1) is 0 Å². The number of hydrogen-bond acceptors (Lipinski definition) is 24. The first kappa shape index (κ1) is 67.1. The van der Waals surface area contributed by atoms with Gasteiger partial charge in [0, 0.05) is 52.4 Å². The third-order valence-corrected chi connectivity index (χ3v) is 1.33. The number of rotatable bonds is 8. The van der Waals surface area contributed by atoms with Crippen molar-refractivity contribution in [3.05, 3.63) is 0 Å². The maximum absolute atomic E-state index is 9.13. The van der Waals surface area contributed by atoms with Crippen molar-refractivity contribution in [1.29, 1.82) is 0 Å². The molecule has 0 aromatic heterocycles. The van der Waals surface area contributed by atoms with E-state index in [4.69, 9.17) is 79.2 Å². The molecule has 42 heavy (non-hydrogen) atoms. The van der Waals surface area contributed by atoms with E-state index < -0.39 is 47.8 Å². The summed E-state index contributed by atoms with van der Waals surface area (Å²) in [6.07, 6.45) is 0. The van der Waals surface area contributed by atoms with Crippen molar-refractivity contribution in [2.24, 2.45) is 45.9 Å². The van der Waals surface area contributed by atoms with Crippen LogP contribution in [0.15, 0.2) is 0 Å². The van der Waals surface area contributed by atoms with E-state index in [9.17, 15) is 0 Å². The molecule has 0 amide bonds. The zero-order valence-electron chi connectivity index (χ0n) is 21.8. The minimum absolute atomic E-state index is 0. The van der Waals surface area contributed by atoms with Crippen LogP contribution in [0.1, 0.15) is 0 Å². The summed E-state index contributed by atoms with van der Waals surface area (Å²) in [6, 6.07) is 0. The summed E-state index contributed by atoms with van der Waals surface area (Å²) < 4.78 is 0. The molecule has 24 nitrogen and oxygen atoms in total. The molecule has 240 valence electrons. The summed E-state index contributed by atoms with van der Waals surface area (Å²) in [5, 5.41) is 73.1. The average Bonchev–Trinajstić information content (AvgIpc) is 2.90. The monoisotopic (exact) mass is 772 g/mol. The van der Waals surface area contributed by atoms with Gasteiger partial charge >= 0.3 is 52.4 Å². The van der Waals surface area contributed by atoms with Gasteiger partial charge in [-0.3, -0.25) is 0 Å². The fourth-order valence-electron chi connectivity index (χ4n) is 0. The van der Waals surface area contributed by atoms with Gasteiger partial charge in [-0.1, -0.05) is 0 Å². The summed E-state index contributed by atoms with van der Waals surface area (Å²) >= 11 is 0. The summed E-state index contributed by atoms with van der Waals surface area (Å²) in [5.41, 5.74) is 36.1. The first-order valence-corrected chi connectivity index (χ1v) is 9.36. The molecule has 0 fully saturated rings. The van der Waals surface area contributed by atoms with Crippen LogP contribution in [-0.2, 0) is 90.8 Å². The molecule has 0 unspecified atom stereocenters. The average molecular weight is 775 g/mol. The molecule has 0 bridgehead atoms. The number of carboxylic acids is 8. The SMILES string of the molecule is NCC(=O)[O-].NCC(=O)[O-].NCC(=O)[O-].NCC(=O)[O-].NCC(=O)[O-].NCC(=O)[O-].NCC(=O)[O-].NCC(=O)[O-].[Zr+4].[Zr+4]. The molecule has 0 heterocycles. The molecule has 0 radical (unpaired) electrons. The molecule has 16 N–H and O–H groups in total. The van der Waals surface area contributed by atoms with Gasteiger partial charge in [-0.2, -0.15) is 0 Å².